The van der Waals surface area contributed by atoms with Crippen LogP contribution in [-0.4, -0.2) is 16.0 Å². The lowest BCUT2D eigenvalue weighted by atomic mass is 9.77. The maximum absolute atomic E-state index is 13.9. The second kappa shape index (κ2) is 3.99. The van der Waals surface area contributed by atoms with E-state index in [1.165, 1.54) is 6.92 Å². The molecule has 0 amide bonds. The highest BCUT2D eigenvalue weighted by Crippen LogP contribution is 2.57. The quantitative estimate of drug-likeness (QED) is 0.639. The molecule has 1 atom stereocenters. The molecule has 0 saturated heterocycles. The van der Waals surface area contributed by atoms with Gasteiger partial charge in [0.1, 0.15) is 5.82 Å². The molecule has 2 rings (SSSR count). The van der Waals surface area contributed by atoms with Gasteiger partial charge >= 0.3 is 5.97 Å². The van der Waals surface area contributed by atoms with Gasteiger partial charge in [-0.1, -0.05) is 0 Å². The van der Waals surface area contributed by atoms with Gasteiger partial charge in [-0.05, 0) is 25.8 Å². The Morgan fingerprint density at radius 1 is 1.58 bits per heavy atom. The minimum atomic E-state index is -1.49. The van der Waals surface area contributed by atoms with Crippen LogP contribution in [0.4, 0.5) is 10.1 Å². The normalized spacial score (nSPS) is 19.5. The average molecular weight is 268 g/mol. The van der Waals surface area contributed by atoms with E-state index in [1.807, 2.05) is 0 Å². The molecule has 0 spiro atoms. The standard InChI is InChI=1S/C12H13FN2O4/c1-11(14,12(4-5-12)10(16)17)8-6-7(15(18)19)2-3-9(8)13/h2-3,6H,4-5,14H2,1H3,(H,16,17)/t11-/m1/s1. The van der Waals surface area contributed by atoms with Gasteiger partial charge in [0.2, 0.25) is 0 Å². The summed E-state index contributed by atoms with van der Waals surface area (Å²) in [6.45, 7) is 1.40. The van der Waals surface area contributed by atoms with Crippen molar-refractivity contribution < 1.29 is 19.2 Å². The van der Waals surface area contributed by atoms with Crippen molar-refractivity contribution in [2.24, 2.45) is 11.1 Å². The first-order valence-electron chi connectivity index (χ1n) is 5.69. The molecule has 1 aliphatic rings. The smallest absolute Gasteiger partial charge is 0.311 e. The van der Waals surface area contributed by atoms with Crippen LogP contribution in [0.3, 0.4) is 0 Å². The fraction of sp³-hybridized carbons (Fsp3) is 0.417. The first kappa shape index (κ1) is 13.4. The van der Waals surface area contributed by atoms with Crippen LogP contribution in [0.25, 0.3) is 0 Å². The number of benzene rings is 1. The molecule has 1 aromatic rings. The Labute approximate surface area is 108 Å². The Kier molecular flexibility index (Phi) is 2.82. The SMILES string of the molecule is C[C@@](N)(c1cc([N+](=O)[O-])ccc1F)C1(C(=O)O)CC1. The van der Waals surface area contributed by atoms with Gasteiger partial charge in [0.25, 0.3) is 5.69 Å². The van der Waals surface area contributed by atoms with Crippen LogP contribution in [0.5, 0.6) is 0 Å². The molecule has 1 aromatic carbocycles. The maximum Gasteiger partial charge on any atom is 0.311 e. The van der Waals surface area contributed by atoms with Gasteiger partial charge in [-0.3, -0.25) is 14.9 Å². The zero-order valence-corrected chi connectivity index (χ0v) is 10.2. The summed E-state index contributed by atoms with van der Waals surface area (Å²) in [6.07, 6.45) is 0.662. The number of hydrogen-bond donors (Lipinski definition) is 2. The number of halogens is 1. The first-order chi connectivity index (χ1) is 8.72. The molecule has 1 saturated carbocycles. The monoisotopic (exact) mass is 268 g/mol. The number of nitro groups is 1. The number of nitro benzene ring substituents is 1. The van der Waals surface area contributed by atoms with Crippen molar-refractivity contribution in [3.63, 3.8) is 0 Å². The van der Waals surface area contributed by atoms with Crippen LogP contribution in [0, 0.1) is 21.3 Å². The molecule has 0 unspecified atom stereocenters. The summed E-state index contributed by atoms with van der Waals surface area (Å²) in [6, 6.07) is 2.98. The number of nitrogens with two attached hydrogens (primary N) is 1. The highest BCUT2D eigenvalue weighted by Gasteiger charge is 2.62. The lowest BCUT2D eigenvalue weighted by Gasteiger charge is -2.32. The van der Waals surface area contributed by atoms with Crippen LogP contribution in [0.1, 0.15) is 25.3 Å². The average Bonchev–Trinajstić information content (AvgIpc) is 3.10. The molecule has 1 fully saturated rings. The van der Waals surface area contributed by atoms with Crippen molar-refractivity contribution in [2.45, 2.75) is 25.3 Å². The number of carboxylic acids is 1. The number of non-ortho nitro benzene ring substituents is 1. The summed E-state index contributed by atoms with van der Waals surface area (Å²) in [5.41, 5.74) is 2.82. The van der Waals surface area contributed by atoms with E-state index in [0.29, 0.717) is 12.8 Å². The molecular weight excluding hydrogens is 255 g/mol. The minimum Gasteiger partial charge on any atom is -0.481 e. The lowest BCUT2D eigenvalue weighted by Crippen LogP contribution is -2.47. The number of carbonyl (C=O) groups is 1. The number of carboxylic acid groups (broad SMARTS) is 1. The maximum atomic E-state index is 13.9. The molecule has 3 N–H and O–H groups in total. The number of nitrogens with zero attached hydrogens (tertiary/aromatic N) is 1. The molecule has 0 bridgehead atoms. The van der Waals surface area contributed by atoms with Crippen molar-refractivity contribution in [1.29, 1.82) is 0 Å². The van der Waals surface area contributed by atoms with Crippen molar-refractivity contribution in [2.75, 3.05) is 0 Å². The van der Waals surface area contributed by atoms with Crippen molar-refractivity contribution in [3.8, 4) is 0 Å². The predicted octanol–water partition coefficient (Wildman–Crippen LogP) is 1.77. The lowest BCUT2D eigenvalue weighted by molar-refractivity contribution is -0.385. The fourth-order valence-electron chi connectivity index (χ4n) is 2.36. The minimum absolute atomic E-state index is 0.137. The number of aliphatic carboxylic acids is 1. The zero-order valence-electron chi connectivity index (χ0n) is 10.2. The third-order valence-electron chi connectivity index (χ3n) is 3.87. The summed E-state index contributed by atoms with van der Waals surface area (Å²) < 4.78 is 13.9. The second-order valence-corrected chi connectivity index (χ2v) is 5.01. The summed E-state index contributed by atoms with van der Waals surface area (Å²) in [7, 11) is 0. The van der Waals surface area contributed by atoms with Crippen molar-refractivity contribution in [3.05, 3.63) is 39.7 Å². The zero-order chi connectivity index (χ0) is 14.4. The summed E-state index contributed by atoms with van der Waals surface area (Å²) in [5, 5.41) is 20.0. The summed E-state index contributed by atoms with van der Waals surface area (Å²) >= 11 is 0. The van der Waals surface area contributed by atoms with E-state index in [2.05, 4.69) is 0 Å². The molecule has 0 heterocycles. The van der Waals surface area contributed by atoms with E-state index in [9.17, 15) is 24.4 Å². The van der Waals surface area contributed by atoms with E-state index in [-0.39, 0.29) is 11.3 Å². The Morgan fingerprint density at radius 2 is 2.16 bits per heavy atom. The summed E-state index contributed by atoms with van der Waals surface area (Å²) in [4.78, 5) is 21.3. The Bertz CT molecular complexity index is 567. The van der Waals surface area contributed by atoms with Crippen LogP contribution in [0.15, 0.2) is 18.2 Å². The van der Waals surface area contributed by atoms with Gasteiger partial charge in [0, 0.05) is 17.7 Å². The van der Waals surface area contributed by atoms with Gasteiger partial charge in [0.15, 0.2) is 0 Å². The van der Waals surface area contributed by atoms with E-state index in [1.54, 1.807) is 0 Å². The van der Waals surface area contributed by atoms with E-state index in [0.717, 1.165) is 18.2 Å². The second-order valence-electron chi connectivity index (χ2n) is 5.01. The van der Waals surface area contributed by atoms with Crippen molar-refractivity contribution in [1.82, 2.24) is 0 Å². The highest BCUT2D eigenvalue weighted by molar-refractivity contribution is 5.80. The highest BCUT2D eigenvalue weighted by atomic mass is 19.1. The number of rotatable bonds is 4. The van der Waals surface area contributed by atoms with Crippen LogP contribution >= 0.6 is 0 Å². The molecule has 102 valence electrons. The topological polar surface area (TPSA) is 106 Å². The van der Waals surface area contributed by atoms with Crippen LogP contribution < -0.4 is 5.73 Å². The van der Waals surface area contributed by atoms with Crippen LogP contribution in [0.2, 0.25) is 0 Å². The molecule has 0 aromatic heterocycles. The van der Waals surface area contributed by atoms with Gasteiger partial charge in [-0.2, -0.15) is 0 Å². The predicted molar refractivity (Wildman–Crippen MR) is 63.9 cm³/mol. The molecular formula is C12H13FN2O4. The molecule has 0 radical (unpaired) electrons. The third kappa shape index (κ3) is 1.86. The molecule has 1 aliphatic carbocycles. The van der Waals surface area contributed by atoms with Gasteiger partial charge in [-0.15, -0.1) is 0 Å². The molecule has 0 aliphatic heterocycles. The van der Waals surface area contributed by atoms with Gasteiger partial charge in [-0.25, -0.2) is 4.39 Å². The molecule has 7 heteroatoms. The van der Waals surface area contributed by atoms with Gasteiger partial charge < -0.3 is 10.8 Å². The largest absolute Gasteiger partial charge is 0.481 e. The fourth-order valence-corrected chi connectivity index (χ4v) is 2.36. The third-order valence-corrected chi connectivity index (χ3v) is 3.87. The molecule has 19 heavy (non-hydrogen) atoms. The Balaban J connectivity index is 2.54. The first-order valence-corrected chi connectivity index (χ1v) is 5.69. The van der Waals surface area contributed by atoms with Gasteiger partial charge in [0.05, 0.1) is 15.9 Å². The Hall–Kier alpha value is -2.02. The van der Waals surface area contributed by atoms with E-state index in [4.69, 9.17) is 5.73 Å². The van der Waals surface area contributed by atoms with E-state index >= 15 is 0 Å². The van der Waals surface area contributed by atoms with E-state index < -0.39 is 27.7 Å². The van der Waals surface area contributed by atoms with Crippen LogP contribution in [-0.2, 0) is 10.3 Å². The Morgan fingerprint density at radius 3 is 2.58 bits per heavy atom. The molecule has 6 nitrogen and oxygen atoms in total. The summed E-state index contributed by atoms with van der Waals surface area (Å²) in [5.74, 6) is -1.84. The van der Waals surface area contributed by atoms with Crippen molar-refractivity contribution >= 4 is 11.7 Å². The number of hydrogen-bond acceptors (Lipinski definition) is 4.